The van der Waals surface area contributed by atoms with E-state index in [2.05, 4.69) is 15.4 Å². The van der Waals surface area contributed by atoms with E-state index in [0.717, 1.165) is 16.8 Å². The number of carbonyl (C=O) groups excluding carboxylic acids is 1. The van der Waals surface area contributed by atoms with Gasteiger partial charge in [-0.2, -0.15) is 5.10 Å². The Morgan fingerprint density at radius 3 is 2.71 bits per heavy atom. The summed E-state index contributed by atoms with van der Waals surface area (Å²) in [6, 6.07) is 4.13. The molecule has 184 valence electrons. The number of pyridine rings is 1. The third-order valence-corrected chi connectivity index (χ3v) is 6.78. The molecule has 2 aromatic rings. The van der Waals surface area contributed by atoms with Gasteiger partial charge >= 0.3 is 0 Å². The van der Waals surface area contributed by atoms with Crippen LogP contribution < -0.4 is 5.32 Å². The molecule has 35 heavy (non-hydrogen) atoms. The number of aromatic nitrogens is 2. The topological polar surface area (TPSA) is 82.2 Å². The van der Waals surface area contributed by atoms with Gasteiger partial charge in [0, 0.05) is 35.9 Å². The fourth-order valence-corrected chi connectivity index (χ4v) is 5.12. The highest BCUT2D eigenvalue weighted by Crippen LogP contribution is 2.38. The van der Waals surface area contributed by atoms with E-state index in [1.807, 2.05) is 33.8 Å². The Labute approximate surface area is 210 Å². The summed E-state index contributed by atoms with van der Waals surface area (Å²) >= 11 is 6.45. The quantitative estimate of drug-likeness (QED) is 0.473. The van der Waals surface area contributed by atoms with Crippen LogP contribution in [0.2, 0.25) is 6.82 Å². The standard InChI is InChI=1S/C25H30BClFN5O2/c1-14(2)13-29-17-9-11-32(23(34)20-22(27)30-24(26(20)6)25(4,5)35)21(15(17)3)18-12-19-16(28)8-7-10-33(19)31-18/h7-8,10,12-13,21,29,35H,9,11H2,1-6H3. The van der Waals surface area contributed by atoms with E-state index in [-0.39, 0.29) is 16.9 Å². The molecule has 10 heteroatoms. The first kappa shape index (κ1) is 25.2. The van der Waals surface area contributed by atoms with Gasteiger partial charge in [0.1, 0.15) is 16.5 Å². The zero-order chi connectivity index (χ0) is 25.7. The van der Waals surface area contributed by atoms with Gasteiger partial charge in [-0.3, -0.25) is 9.79 Å². The molecule has 0 aliphatic carbocycles. The van der Waals surface area contributed by atoms with E-state index in [0.29, 0.717) is 35.3 Å². The molecule has 1 amide bonds. The maximum absolute atomic E-state index is 14.5. The molecule has 0 radical (unpaired) electrons. The molecule has 0 spiro atoms. The molecular weight excluding hydrogens is 468 g/mol. The minimum Gasteiger partial charge on any atom is -0.385 e. The molecule has 0 bridgehead atoms. The second kappa shape index (κ2) is 9.28. The lowest BCUT2D eigenvalue weighted by Crippen LogP contribution is -2.47. The Bertz CT molecular complexity index is 1320. The zero-order valence-electron chi connectivity index (χ0n) is 20.9. The van der Waals surface area contributed by atoms with Crippen LogP contribution in [0.25, 0.3) is 5.52 Å². The van der Waals surface area contributed by atoms with Crippen LogP contribution in [0.15, 0.2) is 63.1 Å². The van der Waals surface area contributed by atoms with Gasteiger partial charge in [-0.25, -0.2) is 8.91 Å². The lowest BCUT2D eigenvalue weighted by molar-refractivity contribution is -0.128. The van der Waals surface area contributed by atoms with Crippen LogP contribution in [0.4, 0.5) is 4.39 Å². The molecule has 2 aliphatic heterocycles. The molecular formula is C25H30BClFN5O2. The number of aliphatic hydroxyl groups is 1. The summed E-state index contributed by atoms with van der Waals surface area (Å²) in [5, 5.41) is 18.6. The summed E-state index contributed by atoms with van der Waals surface area (Å²) < 4.78 is 16.0. The highest BCUT2D eigenvalue weighted by atomic mass is 35.5. The van der Waals surface area contributed by atoms with Crippen molar-refractivity contribution in [3.63, 3.8) is 0 Å². The molecule has 2 N–H and O–H groups in total. The molecule has 1 atom stereocenters. The van der Waals surface area contributed by atoms with Gasteiger partial charge in [0.15, 0.2) is 0 Å². The summed E-state index contributed by atoms with van der Waals surface area (Å²) in [5.74, 6) is -0.656. The van der Waals surface area contributed by atoms with Crippen LogP contribution >= 0.6 is 11.6 Å². The minimum absolute atomic E-state index is 0.0921. The number of allylic oxidation sites excluding steroid dienone is 1. The Hall–Kier alpha value is -2.91. The summed E-state index contributed by atoms with van der Waals surface area (Å²) in [7, 11) is 0. The van der Waals surface area contributed by atoms with Crippen LogP contribution in [0, 0.1) is 5.82 Å². The van der Waals surface area contributed by atoms with E-state index in [1.54, 1.807) is 37.1 Å². The minimum atomic E-state index is -1.21. The molecule has 0 saturated carbocycles. The number of carbonyl (C=O) groups is 1. The van der Waals surface area contributed by atoms with Crippen LogP contribution in [-0.2, 0) is 4.79 Å². The molecule has 2 aromatic heterocycles. The summed E-state index contributed by atoms with van der Waals surface area (Å²) in [6.45, 7) is 11.0. The molecule has 2 aliphatic rings. The van der Waals surface area contributed by atoms with Gasteiger partial charge in [-0.1, -0.05) is 24.0 Å². The van der Waals surface area contributed by atoms with E-state index < -0.39 is 18.4 Å². The van der Waals surface area contributed by atoms with Gasteiger partial charge in [-0.05, 0) is 64.6 Å². The van der Waals surface area contributed by atoms with Gasteiger partial charge in [0.25, 0.3) is 0 Å². The SMILES string of the molecule is CB1C(C(C)(C)O)=NC(Cl)=C1C(=O)N1CCC(NC=C(C)C)=C(C)C1c1cc2c(F)cccn2n1. The number of hydrogen-bond donors (Lipinski definition) is 2. The van der Waals surface area contributed by atoms with E-state index in [9.17, 15) is 14.3 Å². The lowest BCUT2D eigenvalue weighted by atomic mass is 9.41. The van der Waals surface area contributed by atoms with Crippen molar-refractivity contribution in [3.8, 4) is 0 Å². The third-order valence-electron chi connectivity index (χ3n) is 6.49. The van der Waals surface area contributed by atoms with Crippen LogP contribution in [-0.4, -0.2) is 50.0 Å². The Kier molecular flexibility index (Phi) is 6.68. The van der Waals surface area contributed by atoms with Crippen molar-refractivity contribution in [1.29, 1.82) is 0 Å². The Balaban J connectivity index is 1.78. The number of amides is 1. The Morgan fingerprint density at radius 2 is 2.11 bits per heavy atom. The first-order valence-corrected chi connectivity index (χ1v) is 12.0. The zero-order valence-corrected chi connectivity index (χ0v) is 21.6. The number of nitrogens with zero attached hydrogens (tertiary/aromatic N) is 4. The predicted molar refractivity (Wildman–Crippen MR) is 138 cm³/mol. The van der Waals surface area contributed by atoms with Crippen molar-refractivity contribution in [1.82, 2.24) is 19.8 Å². The highest BCUT2D eigenvalue weighted by Gasteiger charge is 2.44. The second-order valence-corrected chi connectivity index (χ2v) is 10.3. The largest absolute Gasteiger partial charge is 0.385 e. The fourth-order valence-electron chi connectivity index (χ4n) is 4.78. The number of nitrogens with one attached hydrogen (secondary N) is 1. The monoisotopic (exact) mass is 497 g/mol. The molecule has 7 nitrogen and oxygen atoms in total. The molecule has 0 fully saturated rings. The van der Waals surface area contributed by atoms with Crippen molar-refractivity contribution in [2.45, 2.75) is 59.5 Å². The van der Waals surface area contributed by atoms with Gasteiger partial charge < -0.3 is 15.3 Å². The molecule has 1 unspecified atom stereocenters. The number of aliphatic imine (C=N–C) groups is 1. The normalized spacial score (nSPS) is 19.0. The van der Waals surface area contributed by atoms with E-state index >= 15 is 0 Å². The van der Waals surface area contributed by atoms with E-state index in [4.69, 9.17) is 11.6 Å². The van der Waals surface area contributed by atoms with Gasteiger partial charge in [0.05, 0.1) is 17.3 Å². The average molecular weight is 498 g/mol. The molecule has 4 heterocycles. The number of halogens is 2. The highest BCUT2D eigenvalue weighted by molar-refractivity contribution is 7.01. The summed E-state index contributed by atoms with van der Waals surface area (Å²) in [4.78, 5) is 20.0. The molecule has 4 rings (SSSR count). The number of hydrogen-bond acceptors (Lipinski definition) is 5. The lowest BCUT2D eigenvalue weighted by Gasteiger charge is -2.38. The molecule has 0 aromatic carbocycles. The fraction of sp³-hybridized carbons (Fsp3) is 0.400. The van der Waals surface area contributed by atoms with Crippen molar-refractivity contribution in [3.05, 3.63) is 69.6 Å². The van der Waals surface area contributed by atoms with E-state index in [1.165, 1.54) is 10.6 Å². The maximum Gasteiger partial charge on any atom is 0.245 e. The molecule has 0 saturated heterocycles. The smallest absolute Gasteiger partial charge is 0.245 e. The third kappa shape index (κ3) is 4.67. The van der Waals surface area contributed by atoms with Crippen LogP contribution in [0.5, 0.6) is 0 Å². The second-order valence-electron chi connectivity index (χ2n) is 9.92. The summed E-state index contributed by atoms with van der Waals surface area (Å²) in [5.41, 5.74) is 3.50. The maximum atomic E-state index is 14.5. The Morgan fingerprint density at radius 1 is 1.40 bits per heavy atom. The van der Waals surface area contributed by atoms with Crippen molar-refractivity contribution < 1.29 is 14.3 Å². The first-order valence-electron chi connectivity index (χ1n) is 11.7. The van der Waals surface area contributed by atoms with Gasteiger partial charge in [0.2, 0.25) is 12.6 Å². The van der Waals surface area contributed by atoms with Gasteiger partial charge in [-0.15, -0.1) is 0 Å². The summed E-state index contributed by atoms with van der Waals surface area (Å²) in [6.07, 6.45) is 4.22. The number of fused-ring (bicyclic) bond motifs is 1. The van der Waals surface area contributed by atoms with Crippen molar-refractivity contribution in [2.24, 2.45) is 4.99 Å². The first-order chi connectivity index (χ1) is 16.4. The average Bonchev–Trinajstić information content (AvgIpc) is 3.33. The van der Waals surface area contributed by atoms with Crippen LogP contribution in [0.1, 0.15) is 52.8 Å². The van der Waals surface area contributed by atoms with Crippen molar-refractivity contribution >= 4 is 35.3 Å². The van der Waals surface area contributed by atoms with Crippen molar-refractivity contribution in [2.75, 3.05) is 6.54 Å². The van der Waals surface area contributed by atoms with Crippen LogP contribution in [0.3, 0.4) is 0 Å². The number of rotatable bonds is 5. The predicted octanol–water partition coefficient (Wildman–Crippen LogP) is 4.41.